The van der Waals surface area contributed by atoms with Crippen LogP contribution in [0.2, 0.25) is 0 Å². The van der Waals surface area contributed by atoms with E-state index in [0.29, 0.717) is 11.8 Å². The van der Waals surface area contributed by atoms with Crippen molar-refractivity contribution in [3.63, 3.8) is 0 Å². The summed E-state index contributed by atoms with van der Waals surface area (Å²) >= 11 is 0. The van der Waals surface area contributed by atoms with Gasteiger partial charge in [-0.05, 0) is 18.8 Å². The molecule has 0 N–H and O–H groups in total. The molecule has 0 radical (unpaired) electrons. The molecule has 0 amide bonds. The van der Waals surface area contributed by atoms with E-state index in [-0.39, 0.29) is 0 Å². The molecule has 0 aromatic rings. The summed E-state index contributed by atoms with van der Waals surface area (Å²) in [7, 11) is 0. The van der Waals surface area contributed by atoms with Crippen LogP contribution in [0.15, 0.2) is 0 Å². The zero-order chi connectivity index (χ0) is 7.98. The third-order valence-electron chi connectivity index (χ3n) is 1.63. The van der Waals surface area contributed by atoms with Gasteiger partial charge in [-0.1, -0.05) is 27.2 Å². The fourth-order valence-electron chi connectivity index (χ4n) is 1.22. The average molecular weight is 142 g/mol. The third-order valence-corrected chi connectivity index (χ3v) is 1.63. The number of hydrogen-bond acceptors (Lipinski definition) is 1. The van der Waals surface area contributed by atoms with Crippen LogP contribution in [0, 0.1) is 11.8 Å². The molecule has 0 bridgehead atoms. The fraction of sp³-hybridized carbons (Fsp3) is 0.889. The van der Waals surface area contributed by atoms with Crippen LogP contribution in [0.25, 0.3) is 0 Å². The molecule has 0 saturated carbocycles. The highest BCUT2D eigenvalue weighted by Gasteiger charge is 2.07. The summed E-state index contributed by atoms with van der Waals surface area (Å²) in [4.78, 5) is 10.4. The third kappa shape index (κ3) is 4.54. The summed E-state index contributed by atoms with van der Waals surface area (Å²) < 4.78 is 0. The zero-order valence-corrected chi connectivity index (χ0v) is 7.26. The molecule has 0 heterocycles. The molecule has 0 unspecified atom stereocenters. The Morgan fingerprint density at radius 1 is 1.40 bits per heavy atom. The van der Waals surface area contributed by atoms with Crippen molar-refractivity contribution in [2.45, 2.75) is 40.0 Å². The Bertz CT molecular complexity index is 86.7. The Morgan fingerprint density at radius 3 is 2.30 bits per heavy atom. The van der Waals surface area contributed by atoms with Gasteiger partial charge in [-0.2, -0.15) is 0 Å². The summed E-state index contributed by atoms with van der Waals surface area (Å²) in [6, 6.07) is 0. The Hall–Kier alpha value is -0.330. The normalized spacial score (nSPS) is 13.6. The van der Waals surface area contributed by atoms with E-state index in [1.165, 1.54) is 0 Å². The summed E-state index contributed by atoms with van der Waals surface area (Å²) in [6.07, 6.45) is 4.33. The monoisotopic (exact) mass is 142 g/mol. The highest BCUT2D eigenvalue weighted by molar-refractivity contribution is 5.53. The summed E-state index contributed by atoms with van der Waals surface area (Å²) in [6.45, 7) is 6.44. The number of rotatable bonds is 5. The van der Waals surface area contributed by atoms with Crippen LogP contribution in [0.5, 0.6) is 0 Å². The molecule has 0 saturated heterocycles. The molecular formula is C9H18O. The van der Waals surface area contributed by atoms with E-state index in [1.807, 2.05) is 0 Å². The smallest absolute Gasteiger partial charge is 0.123 e. The Kier molecular flexibility index (Phi) is 5.27. The lowest BCUT2D eigenvalue weighted by Gasteiger charge is -2.10. The van der Waals surface area contributed by atoms with Crippen LogP contribution in [-0.4, -0.2) is 6.29 Å². The standard InChI is InChI=1S/C9H18O/c1-4-5-9(7-10)6-8(2)3/h7-9H,4-6H2,1-3H3/t9-/m1/s1. The molecule has 0 fully saturated rings. The lowest BCUT2D eigenvalue weighted by Crippen LogP contribution is -2.05. The minimum Gasteiger partial charge on any atom is -0.303 e. The molecule has 0 aliphatic carbocycles. The zero-order valence-electron chi connectivity index (χ0n) is 7.26. The van der Waals surface area contributed by atoms with E-state index in [4.69, 9.17) is 0 Å². The van der Waals surface area contributed by atoms with Gasteiger partial charge in [0.15, 0.2) is 0 Å². The fourth-order valence-corrected chi connectivity index (χ4v) is 1.22. The van der Waals surface area contributed by atoms with Gasteiger partial charge in [-0.3, -0.25) is 0 Å². The minimum absolute atomic E-state index is 0.310. The van der Waals surface area contributed by atoms with Gasteiger partial charge in [0.2, 0.25) is 0 Å². The SMILES string of the molecule is CCC[C@@H](C=O)CC(C)C. The van der Waals surface area contributed by atoms with Crippen molar-refractivity contribution >= 4 is 6.29 Å². The first-order chi connectivity index (χ1) is 4.70. The van der Waals surface area contributed by atoms with Crippen LogP contribution >= 0.6 is 0 Å². The lowest BCUT2D eigenvalue weighted by atomic mass is 9.95. The van der Waals surface area contributed by atoms with Gasteiger partial charge in [-0.15, -0.1) is 0 Å². The number of carbonyl (C=O) groups excluding carboxylic acids is 1. The minimum atomic E-state index is 0.310. The first kappa shape index (κ1) is 9.67. The van der Waals surface area contributed by atoms with Crippen molar-refractivity contribution in [1.29, 1.82) is 0 Å². The first-order valence-corrected chi connectivity index (χ1v) is 4.16. The van der Waals surface area contributed by atoms with E-state index in [0.717, 1.165) is 25.5 Å². The van der Waals surface area contributed by atoms with Crippen molar-refractivity contribution in [3.05, 3.63) is 0 Å². The van der Waals surface area contributed by atoms with Crippen molar-refractivity contribution < 1.29 is 4.79 Å². The van der Waals surface area contributed by atoms with Gasteiger partial charge >= 0.3 is 0 Å². The second kappa shape index (κ2) is 5.45. The van der Waals surface area contributed by atoms with E-state index < -0.39 is 0 Å². The van der Waals surface area contributed by atoms with E-state index >= 15 is 0 Å². The van der Waals surface area contributed by atoms with Crippen LogP contribution in [0.4, 0.5) is 0 Å². The molecule has 0 aliphatic rings. The quantitative estimate of drug-likeness (QED) is 0.539. The first-order valence-electron chi connectivity index (χ1n) is 4.16. The molecule has 1 atom stereocenters. The van der Waals surface area contributed by atoms with Crippen molar-refractivity contribution in [1.82, 2.24) is 0 Å². The maximum Gasteiger partial charge on any atom is 0.123 e. The van der Waals surface area contributed by atoms with Gasteiger partial charge in [0.25, 0.3) is 0 Å². The van der Waals surface area contributed by atoms with E-state index in [9.17, 15) is 4.79 Å². The molecule has 0 aromatic heterocycles. The Labute approximate surface area is 63.8 Å². The molecule has 0 aromatic carbocycles. The highest BCUT2D eigenvalue weighted by atomic mass is 16.1. The van der Waals surface area contributed by atoms with Crippen molar-refractivity contribution in [3.8, 4) is 0 Å². The van der Waals surface area contributed by atoms with Gasteiger partial charge < -0.3 is 4.79 Å². The molecule has 1 heteroatoms. The summed E-state index contributed by atoms with van der Waals surface area (Å²) in [5, 5.41) is 0. The van der Waals surface area contributed by atoms with Crippen LogP contribution in [0.1, 0.15) is 40.0 Å². The van der Waals surface area contributed by atoms with Crippen molar-refractivity contribution in [2.24, 2.45) is 11.8 Å². The van der Waals surface area contributed by atoms with Crippen LogP contribution in [0.3, 0.4) is 0 Å². The van der Waals surface area contributed by atoms with Crippen LogP contribution < -0.4 is 0 Å². The van der Waals surface area contributed by atoms with Gasteiger partial charge in [-0.25, -0.2) is 0 Å². The number of aldehydes is 1. The maximum atomic E-state index is 10.4. The second-order valence-corrected chi connectivity index (χ2v) is 3.31. The molecule has 1 nitrogen and oxygen atoms in total. The van der Waals surface area contributed by atoms with E-state index in [2.05, 4.69) is 20.8 Å². The molecule has 10 heavy (non-hydrogen) atoms. The molecule has 0 spiro atoms. The second-order valence-electron chi connectivity index (χ2n) is 3.31. The van der Waals surface area contributed by atoms with Gasteiger partial charge in [0.05, 0.1) is 0 Å². The van der Waals surface area contributed by atoms with Gasteiger partial charge in [0.1, 0.15) is 6.29 Å². The predicted octanol–water partition coefficient (Wildman–Crippen LogP) is 2.65. The van der Waals surface area contributed by atoms with Gasteiger partial charge in [0, 0.05) is 5.92 Å². The average Bonchev–Trinajstić information content (AvgIpc) is 1.86. The lowest BCUT2D eigenvalue weighted by molar-refractivity contribution is -0.111. The van der Waals surface area contributed by atoms with Crippen molar-refractivity contribution in [2.75, 3.05) is 0 Å². The van der Waals surface area contributed by atoms with Crippen LogP contribution in [-0.2, 0) is 4.79 Å². The Morgan fingerprint density at radius 2 is 2.00 bits per heavy atom. The molecule has 0 rings (SSSR count). The Balaban J connectivity index is 3.49. The predicted molar refractivity (Wildman–Crippen MR) is 43.9 cm³/mol. The highest BCUT2D eigenvalue weighted by Crippen LogP contribution is 2.14. The number of carbonyl (C=O) groups is 1. The summed E-state index contributed by atoms with van der Waals surface area (Å²) in [5.74, 6) is 0.965. The van der Waals surface area contributed by atoms with E-state index in [1.54, 1.807) is 0 Å². The topological polar surface area (TPSA) is 17.1 Å². The summed E-state index contributed by atoms with van der Waals surface area (Å²) in [5.41, 5.74) is 0. The number of hydrogen-bond donors (Lipinski definition) is 0. The molecule has 0 aliphatic heterocycles. The largest absolute Gasteiger partial charge is 0.303 e. The molecule has 60 valence electrons. The maximum absolute atomic E-state index is 10.4. The molecular weight excluding hydrogens is 124 g/mol.